The third kappa shape index (κ3) is 5.71. The van der Waals surface area contributed by atoms with Gasteiger partial charge >= 0.3 is 5.97 Å². The molecule has 4 rings (SSSR count). The Labute approximate surface area is 194 Å². The van der Waals surface area contributed by atoms with E-state index >= 15 is 0 Å². The first kappa shape index (κ1) is 22.4. The lowest BCUT2D eigenvalue weighted by Gasteiger charge is -2.29. The minimum atomic E-state index is -0.924. The summed E-state index contributed by atoms with van der Waals surface area (Å²) < 4.78 is 0. The van der Waals surface area contributed by atoms with E-state index in [0.717, 1.165) is 48.4 Å². The van der Waals surface area contributed by atoms with E-state index in [1.54, 1.807) is 12.1 Å². The van der Waals surface area contributed by atoms with E-state index in [0.29, 0.717) is 11.3 Å². The SMILES string of the molecule is Nc1ccc(N2CCCCC2)cc1C(=O)Nc1cccc(CCc2ccc(C(=O)O)cc2)c1. The molecule has 6 nitrogen and oxygen atoms in total. The van der Waals surface area contributed by atoms with Crippen molar-refractivity contribution in [3.05, 3.63) is 89.0 Å². The van der Waals surface area contributed by atoms with E-state index in [2.05, 4.69) is 10.2 Å². The number of nitrogens with two attached hydrogens (primary N) is 1. The van der Waals surface area contributed by atoms with Gasteiger partial charge in [0.15, 0.2) is 0 Å². The minimum Gasteiger partial charge on any atom is -0.478 e. The molecule has 1 saturated heterocycles. The first-order chi connectivity index (χ1) is 16.0. The number of carbonyl (C=O) groups excluding carboxylic acids is 1. The van der Waals surface area contributed by atoms with Crippen molar-refractivity contribution in [2.75, 3.05) is 29.0 Å². The summed E-state index contributed by atoms with van der Waals surface area (Å²) in [6, 6.07) is 20.4. The van der Waals surface area contributed by atoms with Crippen molar-refractivity contribution in [1.82, 2.24) is 0 Å². The predicted octanol–water partition coefficient (Wildman–Crippen LogP) is 4.99. The Hall–Kier alpha value is -3.80. The zero-order chi connectivity index (χ0) is 23.2. The highest BCUT2D eigenvalue weighted by Gasteiger charge is 2.16. The van der Waals surface area contributed by atoms with Crippen LogP contribution in [0.2, 0.25) is 0 Å². The molecule has 33 heavy (non-hydrogen) atoms. The Morgan fingerprint density at radius 2 is 1.61 bits per heavy atom. The molecule has 4 N–H and O–H groups in total. The molecule has 1 aliphatic heterocycles. The highest BCUT2D eigenvalue weighted by molar-refractivity contribution is 6.08. The van der Waals surface area contributed by atoms with Gasteiger partial charge in [-0.1, -0.05) is 24.3 Å². The molecule has 0 atom stereocenters. The van der Waals surface area contributed by atoms with Gasteiger partial charge in [-0.15, -0.1) is 0 Å². The van der Waals surface area contributed by atoms with Crippen LogP contribution in [-0.2, 0) is 12.8 Å². The van der Waals surface area contributed by atoms with Gasteiger partial charge < -0.3 is 21.1 Å². The van der Waals surface area contributed by atoms with Crippen molar-refractivity contribution in [2.45, 2.75) is 32.1 Å². The monoisotopic (exact) mass is 443 g/mol. The summed E-state index contributed by atoms with van der Waals surface area (Å²) in [5.74, 6) is -1.14. The fraction of sp³-hybridized carbons (Fsp3) is 0.259. The number of nitrogens with zero attached hydrogens (tertiary/aromatic N) is 1. The molecule has 0 unspecified atom stereocenters. The number of carboxylic acids is 1. The highest BCUT2D eigenvalue weighted by Crippen LogP contribution is 2.25. The van der Waals surface area contributed by atoms with Gasteiger partial charge in [0, 0.05) is 30.2 Å². The maximum absolute atomic E-state index is 13.0. The van der Waals surface area contributed by atoms with Gasteiger partial charge in [0.25, 0.3) is 5.91 Å². The average molecular weight is 444 g/mol. The molecule has 1 fully saturated rings. The summed E-state index contributed by atoms with van der Waals surface area (Å²) in [6.45, 7) is 2.01. The molecule has 0 bridgehead atoms. The minimum absolute atomic E-state index is 0.215. The molecule has 0 saturated carbocycles. The Balaban J connectivity index is 1.41. The summed E-state index contributed by atoms with van der Waals surface area (Å²) >= 11 is 0. The smallest absolute Gasteiger partial charge is 0.335 e. The van der Waals surface area contributed by atoms with E-state index in [1.807, 2.05) is 54.6 Å². The number of anilines is 3. The van der Waals surface area contributed by atoms with Crippen LogP contribution < -0.4 is 16.0 Å². The van der Waals surface area contributed by atoms with Crippen LogP contribution in [0.25, 0.3) is 0 Å². The van der Waals surface area contributed by atoms with Crippen molar-refractivity contribution >= 4 is 28.9 Å². The van der Waals surface area contributed by atoms with Gasteiger partial charge in [-0.25, -0.2) is 4.79 Å². The molecule has 1 heterocycles. The fourth-order valence-electron chi connectivity index (χ4n) is 4.20. The molecule has 170 valence electrons. The second kappa shape index (κ2) is 10.2. The molecule has 1 amide bonds. The summed E-state index contributed by atoms with van der Waals surface area (Å²) in [7, 11) is 0. The first-order valence-corrected chi connectivity index (χ1v) is 11.4. The lowest BCUT2D eigenvalue weighted by molar-refractivity contribution is 0.0696. The topological polar surface area (TPSA) is 95.7 Å². The second-order valence-corrected chi connectivity index (χ2v) is 8.48. The average Bonchev–Trinajstić information content (AvgIpc) is 2.84. The maximum atomic E-state index is 13.0. The second-order valence-electron chi connectivity index (χ2n) is 8.48. The van der Waals surface area contributed by atoms with Crippen molar-refractivity contribution in [3.63, 3.8) is 0 Å². The molecule has 0 spiro atoms. The van der Waals surface area contributed by atoms with Crippen molar-refractivity contribution < 1.29 is 14.7 Å². The van der Waals surface area contributed by atoms with Crippen LogP contribution >= 0.6 is 0 Å². The van der Waals surface area contributed by atoms with Gasteiger partial charge in [-0.05, 0) is 85.7 Å². The number of hydrogen-bond acceptors (Lipinski definition) is 4. The summed E-state index contributed by atoms with van der Waals surface area (Å²) in [4.78, 5) is 26.3. The molecular formula is C27H29N3O3. The van der Waals surface area contributed by atoms with Crippen LogP contribution in [0.5, 0.6) is 0 Å². The number of benzene rings is 3. The van der Waals surface area contributed by atoms with Crippen molar-refractivity contribution in [3.8, 4) is 0 Å². The molecule has 3 aromatic carbocycles. The van der Waals surface area contributed by atoms with Crippen LogP contribution in [0.15, 0.2) is 66.7 Å². The molecular weight excluding hydrogens is 414 g/mol. The molecule has 6 heteroatoms. The first-order valence-electron chi connectivity index (χ1n) is 11.4. The van der Waals surface area contributed by atoms with Gasteiger partial charge in [0.05, 0.1) is 11.1 Å². The number of amides is 1. The van der Waals surface area contributed by atoms with Crippen molar-refractivity contribution in [1.29, 1.82) is 0 Å². The molecule has 3 aromatic rings. The lowest BCUT2D eigenvalue weighted by Crippen LogP contribution is -2.29. The van der Waals surface area contributed by atoms with Crippen LogP contribution in [0.3, 0.4) is 0 Å². The number of aromatic carboxylic acids is 1. The molecule has 0 radical (unpaired) electrons. The maximum Gasteiger partial charge on any atom is 0.335 e. The Kier molecular flexibility index (Phi) is 6.93. The van der Waals surface area contributed by atoms with Gasteiger partial charge in [-0.2, -0.15) is 0 Å². The van der Waals surface area contributed by atoms with E-state index in [-0.39, 0.29) is 11.5 Å². The normalized spacial score (nSPS) is 13.5. The molecule has 0 aliphatic carbocycles. The van der Waals surface area contributed by atoms with Crippen LogP contribution in [0, 0.1) is 0 Å². The van der Waals surface area contributed by atoms with Gasteiger partial charge in [0.2, 0.25) is 0 Å². The van der Waals surface area contributed by atoms with Gasteiger partial charge in [0.1, 0.15) is 0 Å². The number of carboxylic acid groups (broad SMARTS) is 1. The Morgan fingerprint density at radius 3 is 2.33 bits per heavy atom. The van der Waals surface area contributed by atoms with Crippen LogP contribution in [-0.4, -0.2) is 30.1 Å². The number of hydrogen-bond donors (Lipinski definition) is 3. The van der Waals surface area contributed by atoms with Crippen LogP contribution in [0.4, 0.5) is 17.1 Å². The lowest BCUT2D eigenvalue weighted by atomic mass is 10.0. The van der Waals surface area contributed by atoms with Gasteiger partial charge in [-0.3, -0.25) is 4.79 Å². The summed E-state index contributed by atoms with van der Waals surface area (Å²) in [6.07, 6.45) is 5.15. The van der Waals surface area contributed by atoms with Crippen LogP contribution in [0.1, 0.15) is 51.1 Å². The van der Waals surface area contributed by atoms with Crippen molar-refractivity contribution in [2.24, 2.45) is 0 Å². The zero-order valence-corrected chi connectivity index (χ0v) is 18.6. The third-order valence-electron chi connectivity index (χ3n) is 6.09. The number of aryl methyl sites for hydroxylation is 2. The largest absolute Gasteiger partial charge is 0.478 e. The quantitative estimate of drug-likeness (QED) is 0.447. The number of carbonyl (C=O) groups is 2. The number of piperidine rings is 1. The number of nitrogens with one attached hydrogen (secondary N) is 1. The third-order valence-corrected chi connectivity index (χ3v) is 6.09. The Morgan fingerprint density at radius 1 is 0.879 bits per heavy atom. The molecule has 1 aliphatic rings. The number of rotatable bonds is 7. The summed E-state index contributed by atoms with van der Waals surface area (Å²) in [5.41, 5.74) is 11.3. The molecule has 0 aromatic heterocycles. The summed E-state index contributed by atoms with van der Waals surface area (Å²) in [5, 5.41) is 12.0. The fourth-order valence-corrected chi connectivity index (χ4v) is 4.20. The van der Waals surface area contributed by atoms with E-state index in [9.17, 15) is 9.59 Å². The standard InChI is InChI=1S/C27H29N3O3/c28-25-14-13-23(30-15-2-1-3-16-30)18-24(25)26(31)29-22-6-4-5-20(17-22)8-7-19-9-11-21(12-10-19)27(32)33/h4-6,9-14,17-18H,1-3,7-8,15-16,28H2,(H,29,31)(H,32,33). The highest BCUT2D eigenvalue weighted by atomic mass is 16.4. The van der Waals surface area contributed by atoms with E-state index < -0.39 is 5.97 Å². The zero-order valence-electron chi connectivity index (χ0n) is 18.6. The Bertz CT molecular complexity index is 1140. The predicted molar refractivity (Wildman–Crippen MR) is 132 cm³/mol. The number of nitrogen functional groups attached to an aromatic ring is 1. The van der Waals surface area contributed by atoms with E-state index in [1.165, 1.54) is 19.3 Å². The van der Waals surface area contributed by atoms with E-state index in [4.69, 9.17) is 10.8 Å².